The van der Waals surface area contributed by atoms with E-state index in [9.17, 15) is 4.79 Å². The van der Waals surface area contributed by atoms with Gasteiger partial charge in [-0.05, 0) is 30.2 Å². The Morgan fingerprint density at radius 3 is 2.58 bits per heavy atom. The molecule has 4 rings (SSSR count). The maximum Gasteiger partial charge on any atom is 0.265 e. The average Bonchev–Trinajstić information content (AvgIpc) is 3.10. The molecule has 1 fully saturated rings. The van der Waals surface area contributed by atoms with Gasteiger partial charge in [0.15, 0.2) is 0 Å². The molecule has 5 heteroatoms. The molecule has 0 N–H and O–H groups in total. The number of carbonyl (C=O) groups excluding carboxylic acids is 1. The predicted octanol–water partition coefficient (Wildman–Crippen LogP) is 4.83. The molecule has 3 aromatic rings. The molecule has 3 nitrogen and oxygen atoms in total. The van der Waals surface area contributed by atoms with Crippen molar-refractivity contribution in [2.45, 2.75) is 13.5 Å². The van der Waals surface area contributed by atoms with Crippen LogP contribution in [-0.2, 0) is 11.3 Å². The van der Waals surface area contributed by atoms with Crippen molar-refractivity contribution in [3.8, 4) is 0 Å². The van der Waals surface area contributed by atoms with Crippen LogP contribution in [0.25, 0.3) is 17.0 Å². The fourth-order valence-electron chi connectivity index (χ4n) is 3.18. The Bertz CT molecular complexity index is 1060. The molecule has 0 unspecified atom stereocenters. The highest BCUT2D eigenvalue weighted by molar-refractivity contribution is 8.26. The number of fused-ring (bicyclic) bond motifs is 1. The number of benzene rings is 2. The van der Waals surface area contributed by atoms with E-state index in [0.29, 0.717) is 9.23 Å². The zero-order chi connectivity index (χ0) is 18.3. The van der Waals surface area contributed by atoms with Crippen molar-refractivity contribution < 1.29 is 4.79 Å². The topological polar surface area (TPSA) is 25.2 Å². The van der Waals surface area contributed by atoms with Gasteiger partial charge in [0.25, 0.3) is 5.91 Å². The normalized spacial score (nSPS) is 16.2. The number of nitrogens with zero attached hydrogens (tertiary/aromatic N) is 2. The van der Waals surface area contributed by atoms with Crippen molar-refractivity contribution in [1.82, 2.24) is 9.47 Å². The fourth-order valence-corrected chi connectivity index (χ4v) is 4.35. The summed E-state index contributed by atoms with van der Waals surface area (Å²) in [7, 11) is 1.72. The monoisotopic (exact) mass is 378 g/mol. The highest BCUT2D eigenvalue weighted by Crippen LogP contribution is 2.33. The van der Waals surface area contributed by atoms with Crippen LogP contribution in [0.4, 0.5) is 0 Å². The SMILES string of the molecule is Cc1ccccc1Cn1cc(/C=C2\SC(=S)N(C)C2=O)c2ccccc21. The molecule has 0 saturated carbocycles. The molecule has 26 heavy (non-hydrogen) atoms. The third kappa shape index (κ3) is 2.97. The number of hydrogen-bond acceptors (Lipinski definition) is 3. The first-order valence-electron chi connectivity index (χ1n) is 8.38. The quantitative estimate of drug-likeness (QED) is 0.482. The Balaban J connectivity index is 1.79. The van der Waals surface area contributed by atoms with Gasteiger partial charge in [-0.2, -0.15) is 0 Å². The number of rotatable bonds is 3. The lowest BCUT2D eigenvalue weighted by Crippen LogP contribution is -2.22. The summed E-state index contributed by atoms with van der Waals surface area (Å²) in [5.74, 6) is -0.0317. The molecule has 0 bridgehead atoms. The van der Waals surface area contributed by atoms with E-state index < -0.39 is 0 Å². The summed E-state index contributed by atoms with van der Waals surface area (Å²) < 4.78 is 2.85. The van der Waals surface area contributed by atoms with E-state index in [1.165, 1.54) is 27.8 Å². The van der Waals surface area contributed by atoms with Crippen LogP contribution in [0.5, 0.6) is 0 Å². The summed E-state index contributed by atoms with van der Waals surface area (Å²) in [6.45, 7) is 2.93. The molecular formula is C21H18N2OS2. The summed E-state index contributed by atoms with van der Waals surface area (Å²) >= 11 is 6.60. The number of thioether (sulfide) groups is 1. The van der Waals surface area contributed by atoms with Crippen LogP contribution in [0, 0.1) is 6.92 Å². The van der Waals surface area contributed by atoms with Crippen LogP contribution < -0.4 is 0 Å². The smallest absolute Gasteiger partial charge is 0.265 e. The molecule has 0 aliphatic carbocycles. The lowest BCUT2D eigenvalue weighted by molar-refractivity contribution is -0.121. The van der Waals surface area contributed by atoms with Crippen molar-refractivity contribution in [3.63, 3.8) is 0 Å². The molecule has 1 aliphatic heterocycles. The van der Waals surface area contributed by atoms with Crippen molar-refractivity contribution in [2.75, 3.05) is 7.05 Å². The van der Waals surface area contributed by atoms with Gasteiger partial charge < -0.3 is 4.57 Å². The van der Waals surface area contributed by atoms with E-state index in [4.69, 9.17) is 12.2 Å². The Morgan fingerprint density at radius 1 is 1.12 bits per heavy atom. The van der Waals surface area contributed by atoms with Crippen LogP contribution in [0.1, 0.15) is 16.7 Å². The number of carbonyl (C=O) groups is 1. The van der Waals surface area contributed by atoms with Crippen molar-refractivity contribution in [2.24, 2.45) is 0 Å². The molecule has 2 heterocycles. The Kier molecular flexibility index (Phi) is 4.42. The Hall–Kier alpha value is -2.37. The maximum absolute atomic E-state index is 12.3. The van der Waals surface area contributed by atoms with Crippen LogP contribution in [0.3, 0.4) is 0 Å². The minimum atomic E-state index is -0.0317. The van der Waals surface area contributed by atoms with E-state index in [-0.39, 0.29) is 5.91 Å². The van der Waals surface area contributed by atoms with Gasteiger partial charge in [-0.3, -0.25) is 9.69 Å². The number of thiocarbonyl (C=S) groups is 1. The number of amides is 1. The molecule has 1 aromatic heterocycles. The first-order valence-corrected chi connectivity index (χ1v) is 9.61. The van der Waals surface area contributed by atoms with Gasteiger partial charge in [0.05, 0.1) is 4.91 Å². The van der Waals surface area contributed by atoms with Crippen molar-refractivity contribution >= 4 is 51.2 Å². The maximum atomic E-state index is 12.3. The molecule has 1 saturated heterocycles. The van der Waals surface area contributed by atoms with E-state index >= 15 is 0 Å². The Labute approximate surface area is 162 Å². The molecular weight excluding hydrogens is 360 g/mol. The van der Waals surface area contributed by atoms with Crippen molar-refractivity contribution in [1.29, 1.82) is 0 Å². The van der Waals surface area contributed by atoms with Crippen molar-refractivity contribution in [3.05, 3.63) is 76.3 Å². The van der Waals surface area contributed by atoms with Crippen LogP contribution in [0.15, 0.2) is 59.6 Å². The number of likely N-dealkylation sites (N-methyl/N-ethyl adjacent to an activating group) is 1. The summed E-state index contributed by atoms with van der Waals surface area (Å²) in [6, 6.07) is 16.7. The summed E-state index contributed by atoms with van der Waals surface area (Å²) in [6.07, 6.45) is 4.08. The van der Waals surface area contributed by atoms with E-state index in [0.717, 1.165) is 23.0 Å². The summed E-state index contributed by atoms with van der Waals surface area (Å²) in [5.41, 5.74) is 4.77. The highest BCUT2D eigenvalue weighted by Gasteiger charge is 2.29. The van der Waals surface area contributed by atoms with E-state index in [2.05, 4.69) is 54.1 Å². The second-order valence-electron chi connectivity index (χ2n) is 6.40. The lowest BCUT2D eigenvalue weighted by atomic mass is 10.1. The second kappa shape index (κ2) is 6.74. The number of para-hydroxylation sites is 1. The molecule has 1 aliphatic rings. The minimum Gasteiger partial charge on any atom is -0.342 e. The molecule has 0 radical (unpaired) electrons. The zero-order valence-corrected chi connectivity index (χ0v) is 16.2. The number of aromatic nitrogens is 1. The lowest BCUT2D eigenvalue weighted by Gasteiger charge is -2.08. The summed E-state index contributed by atoms with van der Waals surface area (Å²) in [4.78, 5) is 14.5. The number of aryl methyl sites for hydroxylation is 1. The van der Waals surface area contributed by atoms with Gasteiger partial charge in [-0.15, -0.1) is 0 Å². The zero-order valence-electron chi connectivity index (χ0n) is 14.6. The third-order valence-corrected chi connectivity index (χ3v) is 6.18. The molecule has 0 atom stereocenters. The average molecular weight is 379 g/mol. The van der Waals surface area contributed by atoms with Gasteiger partial charge in [-0.25, -0.2) is 0 Å². The van der Waals surface area contributed by atoms with Gasteiger partial charge >= 0.3 is 0 Å². The van der Waals surface area contributed by atoms with Crippen LogP contribution >= 0.6 is 24.0 Å². The van der Waals surface area contributed by atoms with E-state index in [1.54, 1.807) is 7.05 Å². The predicted molar refractivity (Wildman–Crippen MR) is 113 cm³/mol. The minimum absolute atomic E-state index is 0.0317. The largest absolute Gasteiger partial charge is 0.342 e. The first kappa shape index (κ1) is 17.1. The summed E-state index contributed by atoms with van der Waals surface area (Å²) in [5, 5.41) is 1.14. The van der Waals surface area contributed by atoms with Gasteiger partial charge in [0, 0.05) is 36.3 Å². The second-order valence-corrected chi connectivity index (χ2v) is 8.07. The van der Waals surface area contributed by atoms with Crippen LogP contribution in [0.2, 0.25) is 0 Å². The van der Waals surface area contributed by atoms with Gasteiger partial charge in [-0.1, -0.05) is 66.4 Å². The standard InChI is InChI=1S/C21H18N2OS2/c1-14-7-3-4-8-15(14)12-23-13-16(17-9-5-6-10-18(17)23)11-19-20(24)22(2)21(25)26-19/h3-11,13H,12H2,1-2H3/b19-11-. The van der Waals surface area contributed by atoms with E-state index in [1.807, 2.05) is 18.2 Å². The van der Waals surface area contributed by atoms with Gasteiger partial charge in [0.1, 0.15) is 4.32 Å². The highest BCUT2D eigenvalue weighted by atomic mass is 32.2. The first-order chi connectivity index (χ1) is 12.5. The molecule has 0 spiro atoms. The third-order valence-electron chi connectivity index (χ3n) is 4.69. The molecule has 2 aromatic carbocycles. The molecule has 1 amide bonds. The Morgan fingerprint density at radius 2 is 1.85 bits per heavy atom. The fraction of sp³-hybridized carbons (Fsp3) is 0.143. The number of hydrogen-bond donors (Lipinski definition) is 0. The van der Waals surface area contributed by atoms with Crippen LogP contribution in [-0.4, -0.2) is 26.7 Å². The van der Waals surface area contributed by atoms with Gasteiger partial charge in [0.2, 0.25) is 0 Å². The molecule has 130 valence electrons.